The zero-order chi connectivity index (χ0) is 16.5. The highest BCUT2D eigenvalue weighted by atomic mass is 32.2. The van der Waals surface area contributed by atoms with Crippen molar-refractivity contribution in [2.45, 2.75) is 6.92 Å². The molecule has 0 saturated heterocycles. The highest BCUT2D eigenvalue weighted by Crippen LogP contribution is 2.16. The summed E-state index contributed by atoms with van der Waals surface area (Å²) in [5.74, 6) is 0.957. The van der Waals surface area contributed by atoms with Gasteiger partial charge >= 0.3 is 0 Å². The second-order valence-corrected chi connectivity index (χ2v) is 6.01. The molecule has 0 bridgehead atoms. The molecule has 0 aliphatic heterocycles. The number of para-hydroxylation sites is 1. The van der Waals surface area contributed by atoms with E-state index < -0.39 is 0 Å². The third-order valence-corrected chi connectivity index (χ3v) is 4.03. The van der Waals surface area contributed by atoms with Crippen molar-refractivity contribution in [3.05, 3.63) is 71.8 Å². The molecule has 23 heavy (non-hydrogen) atoms. The summed E-state index contributed by atoms with van der Waals surface area (Å²) in [6.07, 6.45) is 4.08. The number of ketones is 1. The molecule has 0 heterocycles. The van der Waals surface area contributed by atoms with Gasteiger partial charge in [-0.25, -0.2) is 0 Å². The Bertz CT molecular complexity index is 696. The summed E-state index contributed by atoms with van der Waals surface area (Å²) in [4.78, 5) is 23.5. The van der Waals surface area contributed by atoms with Crippen LogP contribution in [0.1, 0.15) is 22.8 Å². The first-order valence-electron chi connectivity index (χ1n) is 7.36. The molecule has 1 N–H and O–H groups in total. The van der Waals surface area contributed by atoms with Crippen molar-refractivity contribution in [3.63, 3.8) is 0 Å². The average Bonchev–Trinajstić information content (AvgIpc) is 2.56. The SMILES string of the molecule is CC(=O)c1ccccc1NC(=O)CSC/C=C/c1ccccc1. The van der Waals surface area contributed by atoms with E-state index in [0.717, 1.165) is 11.3 Å². The van der Waals surface area contributed by atoms with Crippen LogP contribution in [0.4, 0.5) is 5.69 Å². The quantitative estimate of drug-likeness (QED) is 0.611. The highest BCUT2D eigenvalue weighted by Gasteiger charge is 2.09. The fraction of sp³-hybridized carbons (Fsp3) is 0.158. The smallest absolute Gasteiger partial charge is 0.234 e. The van der Waals surface area contributed by atoms with Crippen molar-refractivity contribution in [1.82, 2.24) is 0 Å². The third kappa shape index (κ3) is 5.75. The van der Waals surface area contributed by atoms with Crippen LogP contribution in [0.5, 0.6) is 0 Å². The maximum Gasteiger partial charge on any atom is 0.234 e. The molecule has 2 aromatic carbocycles. The Labute approximate surface area is 140 Å². The molecule has 0 aliphatic carbocycles. The van der Waals surface area contributed by atoms with Crippen LogP contribution in [-0.2, 0) is 4.79 Å². The van der Waals surface area contributed by atoms with Gasteiger partial charge in [0.05, 0.1) is 11.4 Å². The van der Waals surface area contributed by atoms with Crippen LogP contribution in [0, 0.1) is 0 Å². The van der Waals surface area contributed by atoms with E-state index in [1.54, 1.807) is 24.3 Å². The lowest BCUT2D eigenvalue weighted by atomic mass is 10.1. The summed E-state index contributed by atoms with van der Waals surface area (Å²) < 4.78 is 0. The minimum atomic E-state index is -0.100. The summed E-state index contributed by atoms with van der Waals surface area (Å²) in [5, 5.41) is 2.80. The van der Waals surface area contributed by atoms with Gasteiger partial charge < -0.3 is 5.32 Å². The minimum absolute atomic E-state index is 0.0562. The standard InChI is InChI=1S/C19H19NO2S/c1-15(21)17-11-5-6-12-18(17)20-19(22)14-23-13-7-10-16-8-3-2-4-9-16/h2-12H,13-14H2,1H3,(H,20,22)/b10-7+. The Morgan fingerprint density at radius 2 is 1.74 bits per heavy atom. The normalized spacial score (nSPS) is 10.7. The number of hydrogen-bond donors (Lipinski definition) is 1. The van der Waals surface area contributed by atoms with Crippen LogP contribution in [0.15, 0.2) is 60.7 Å². The van der Waals surface area contributed by atoms with Crippen LogP contribution < -0.4 is 5.32 Å². The molecule has 0 radical (unpaired) electrons. The molecule has 0 aliphatic rings. The predicted octanol–water partition coefficient (Wildman–Crippen LogP) is 4.27. The number of rotatable bonds is 7. The van der Waals surface area contributed by atoms with Crippen molar-refractivity contribution < 1.29 is 9.59 Å². The van der Waals surface area contributed by atoms with E-state index in [2.05, 4.69) is 5.32 Å². The average molecular weight is 325 g/mol. The van der Waals surface area contributed by atoms with E-state index in [9.17, 15) is 9.59 Å². The summed E-state index contributed by atoms with van der Waals surface area (Å²) in [7, 11) is 0. The number of thioether (sulfide) groups is 1. The lowest BCUT2D eigenvalue weighted by Gasteiger charge is -2.08. The van der Waals surface area contributed by atoms with E-state index in [0.29, 0.717) is 17.0 Å². The Morgan fingerprint density at radius 1 is 1.04 bits per heavy atom. The lowest BCUT2D eigenvalue weighted by molar-refractivity contribution is -0.113. The van der Waals surface area contributed by atoms with E-state index in [4.69, 9.17) is 0 Å². The van der Waals surface area contributed by atoms with Crippen molar-refractivity contribution >= 4 is 35.2 Å². The maximum absolute atomic E-state index is 12.0. The molecular formula is C19H19NO2S. The molecule has 0 aromatic heterocycles. The van der Waals surface area contributed by atoms with Crippen LogP contribution in [0.25, 0.3) is 6.08 Å². The van der Waals surface area contributed by atoms with Gasteiger partial charge in [-0.05, 0) is 24.6 Å². The first-order chi connectivity index (χ1) is 11.2. The third-order valence-electron chi connectivity index (χ3n) is 3.14. The molecule has 0 fully saturated rings. The number of anilines is 1. The summed E-state index contributed by atoms with van der Waals surface area (Å²) in [6, 6.07) is 17.1. The largest absolute Gasteiger partial charge is 0.325 e. The summed E-state index contributed by atoms with van der Waals surface area (Å²) in [6.45, 7) is 1.49. The number of Topliss-reactive ketones (excluding diaryl/α,β-unsaturated/α-hetero) is 1. The van der Waals surface area contributed by atoms with Crippen LogP contribution >= 0.6 is 11.8 Å². The Morgan fingerprint density at radius 3 is 2.48 bits per heavy atom. The van der Waals surface area contributed by atoms with Gasteiger partial charge in [0.25, 0.3) is 0 Å². The van der Waals surface area contributed by atoms with Gasteiger partial charge in [0.2, 0.25) is 5.91 Å². The summed E-state index contributed by atoms with van der Waals surface area (Å²) in [5.41, 5.74) is 2.26. The van der Waals surface area contributed by atoms with Gasteiger partial charge in [-0.1, -0.05) is 54.6 Å². The fourth-order valence-electron chi connectivity index (χ4n) is 2.05. The Hall–Kier alpha value is -2.33. The van der Waals surface area contributed by atoms with E-state index in [-0.39, 0.29) is 11.7 Å². The van der Waals surface area contributed by atoms with Gasteiger partial charge in [0.1, 0.15) is 0 Å². The molecular weight excluding hydrogens is 306 g/mol. The van der Waals surface area contributed by atoms with E-state index in [1.807, 2.05) is 42.5 Å². The van der Waals surface area contributed by atoms with Gasteiger partial charge in [-0.3, -0.25) is 9.59 Å². The zero-order valence-electron chi connectivity index (χ0n) is 13.0. The highest BCUT2D eigenvalue weighted by molar-refractivity contribution is 8.00. The van der Waals surface area contributed by atoms with Crippen molar-refractivity contribution in [2.75, 3.05) is 16.8 Å². The van der Waals surface area contributed by atoms with Crippen molar-refractivity contribution in [3.8, 4) is 0 Å². The molecule has 0 atom stereocenters. The molecule has 0 unspecified atom stereocenters. The number of carbonyl (C=O) groups excluding carboxylic acids is 2. The first kappa shape index (κ1) is 17.0. The van der Waals surface area contributed by atoms with Gasteiger partial charge in [-0.15, -0.1) is 11.8 Å². The van der Waals surface area contributed by atoms with Gasteiger partial charge in [-0.2, -0.15) is 0 Å². The van der Waals surface area contributed by atoms with Crippen molar-refractivity contribution in [2.24, 2.45) is 0 Å². The minimum Gasteiger partial charge on any atom is -0.325 e. The number of carbonyl (C=O) groups is 2. The molecule has 3 nitrogen and oxygen atoms in total. The molecule has 2 rings (SSSR count). The predicted molar refractivity (Wildman–Crippen MR) is 97.9 cm³/mol. The number of benzene rings is 2. The molecule has 1 amide bonds. The first-order valence-corrected chi connectivity index (χ1v) is 8.51. The van der Waals surface area contributed by atoms with Crippen molar-refractivity contribution in [1.29, 1.82) is 0 Å². The maximum atomic E-state index is 12.0. The number of hydrogen-bond acceptors (Lipinski definition) is 3. The van der Waals surface area contributed by atoms with E-state index in [1.165, 1.54) is 18.7 Å². The van der Waals surface area contributed by atoms with Crippen LogP contribution in [0.2, 0.25) is 0 Å². The topological polar surface area (TPSA) is 46.2 Å². The van der Waals surface area contributed by atoms with Gasteiger partial charge in [0, 0.05) is 11.3 Å². The zero-order valence-corrected chi connectivity index (χ0v) is 13.8. The Kier molecular flexibility index (Phi) is 6.63. The number of nitrogens with one attached hydrogen (secondary N) is 1. The molecule has 0 spiro atoms. The van der Waals surface area contributed by atoms with Gasteiger partial charge in [0.15, 0.2) is 5.78 Å². The molecule has 118 valence electrons. The second-order valence-electron chi connectivity index (χ2n) is 4.98. The Balaban J connectivity index is 1.78. The molecule has 4 heteroatoms. The molecule has 2 aromatic rings. The van der Waals surface area contributed by atoms with Crippen LogP contribution in [-0.4, -0.2) is 23.2 Å². The number of amides is 1. The second kappa shape index (κ2) is 8.96. The fourth-order valence-corrected chi connectivity index (χ4v) is 2.66. The monoisotopic (exact) mass is 325 g/mol. The molecule has 0 saturated carbocycles. The summed E-state index contributed by atoms with van der Waals surface area (Å²) >= 11 is 1.53. The van der Waals surface area contributed by atoms with Crippen LogP contribution in [0.3, 0.4) is 0 Å². The van der Waals surface area contributed by atoms with E-state index >= 15 is 0 Å². The lowest BCUT2D eigenvalue weighted by Crippen LogP contribution is -2.16.